The number of halogens is 4. The molecule has 0 saturated heterocycles. The molecule has 1 aromatic heterocycles. The zero-order valence-electron chi connectivity index (χ0n) is 17.0. The number of carbonyl (C=O) groups excluding carboxylic acids is 2. The smallest absolute Gasteiger partial charge is 0.434 e. The number of amides is 2. The van der Waals surface area contributed by atoms with Crippen LogP contribution in [0.25, 0.3) is 5.69 Å². The second-order valence-corrected chi connectivity index (χ2v) is 7.29. The first-order valence-corrected chi connectivity index (χ1v) is 9.59. The fraction of sp³-hybridized carbons (Fsp3) is 0.190. The number of hydrogen-bond acceptors (Lipinski definition) is 4. The van der Waals surface area contributed by atoms with Crippen LogP contribution in [0.1, 0.15) is 16.1 Å². The van der Waals surface area contributed by atoms with Gasteiger partial charge in [0.25, 0.3) is 11.8 Å². The molecule has 2 amide bonds. The van der Waals surface area contributed by atoms with Crippen molar-refractivity contribution in [3.63, 3.8) is 0 Å². The van der Waals surface area contributed by atoms with Crippen LogP contribution >= 0.6 is 11.6 Å². The molecule has 0 aliphatic rings. The van der Waals surface area contributed by atoms with E-state index in [1.165, 1.54) is 53.4 Å². The largest absolute Gasteiger partial charge is 0.484 e. The molecule has 0 spiro atoms. The summed E-state index contributed by atoms with van der Waals surface area (Å²) in [7, 11) is 3.18. The molecular formula is C21H18ClF3N4O3. The predicted octanol–water partition coefficient (Wildman–Crippen LogP) is 4.26. The van der Waals surface area contributed by atoms with Gasteiger partial charge in [0.15, 0.2) is 12.3 Å². The van der Waals surface area contributed by atoms with Crippen LogP contribution in [0.15, 0.2) is 54.7 Å². The molecule has 0 aliphatic carbocycles. The number of nitrogens with one attached hydrogen (secondary N) is 1. The number of alkyl halides is 3. The highest BCUT2D eigenvalue weighted by atomic mass is 35.5. The lowest BCUT2D eigenvalue weighted by Crippen LogP contribution is -2.27. The molecule has 2 aromatic carbocycles. The van der Waals surface area contributed by atoms with E-state index in [4.69, 9.17) is 16.3 Å². The van der Waals surface area contributed by atoms with Gasteiger partial charge in [-0.25, -0.2) is 4.68 Å². The number of aromatic nitrogens is 2. The van der Waals surface area contributed by atoms with Crippen LogP contribution in [0, 0.1) is 0 Å². The third-order valence-corrected chi connectivity index (χ3v) is 4.54. The summed E-state index contributed by atoms with van der Waals surface area (Å²) in [4.78, 5) is 25.5. The van der Waals surface area contributed by atoms with Gasteiger partial charge in [0.2, 0.25) is 0 Å². The van der Waals surface area contributed by atoms with Crippen LogP contribution in [0.2, 0.25) is 5.02 Å². The fourth-order valence-electron chi connectivity index (χ4n) is 2.70. The third kappa shape index (κ3) is 5.38. The molecule has 0 saturated carbocycles. The Balaban J connectivity index is 1.80. The fourth-order valence-corrected chi connectivity index (χ4v) is 2.88. The molecule has 0 fully saturated rings. The number of hydrogen-bond donors (Lipinski definition) is 1. The minimum atomic E-state index is -4.85. The highest BCUT2D eigenvalue weighted by molar-refractivity contribution is 6.30. The number of nitrogens with zero attached hydrogens (tertiary/aromatic N) is 3. The summed E-state index contributed by atoms with van der Waals surface area (Å²) in [6, 6.07) is 11.6. The monoisotopic (exact) mass is 466 g/mol. The number of likely N-dealkylation sites (N-methyl/N-ethyl adjacent to an activating group) is 1. The lowest BCUT2D eigenvalue weighted by molar-refractivity contribution is -0.143. The number of rotatable bonds is 6. The third-order valence-electron chi connectivity index (χ3n) is 4.31. The van der Waals surface area contributed by atoms with Gasteiger partial charge in [-0.2, -0.15) is 18.3 Å². The van der Waals surface area contributed by atoms with Crippen LogP contribution in [0.5, 0.6) is 5.75 Å². The van der Waals surface area contributed by atoms with Crippen molar-refractivity contribution in [2.45, 2.75) is 6.18 Å². The van der Waals surface area contributed by atoms with Gasteiger partial charge < -0.3 is 15.0 Å². The van der Waals surface area contributed by atoms with Crippen LogP contribution in [0.4, 0.5) is 18.9 Å². The molecule has 3 rings (SSSR count). The van der Waals surface area contributed by atoms with E-state index in [0.717, 1.165) is 6.20 Å². The minimum Gasteiger partial charge on any atom is -0.484 e. The van der Waals surface area contributed by atoms with E-state index in [0.29, 0.717) is 10.4 Å². The molecule has 0 bridgehead atoms. The van der Waals surface area contributed by atoms with Gasteiger partial charge in [0.1, 0.15) is 5.75 Å². The predicted molar refractivity (Wildman–Crippen MR) is 112 cm³/mol. The van der Waals surface area contributed by atoms with Gasteiger partial charge in [0, 0.05) is 24.8 Å². The normalized spacial score (nSPS) is 11.2. The Hall–Kier alpha value is -3.53. The van der Waals surface area contributed by atoms with Crippen LogP contribution in [-0.4, -0.2) is 47.2 Å². The van der Waals surface area contributed by atoms with Gasteiger partial charge in [0.05, 0.1) is 17.4 Å². The molecule has 1 N–H and O–H groups in total. The molecule has 32 heavy (non-hydrogen) atoms. The summed E-state index contributed by atoms with van der Waals surface area (Å²) in [5.74, 6) is -0.858. The van der Waals surface area contributed by atoms with Crippen molar-refractivity contribution in [1.29, 1.82) is 0 Å². The summed E-state index contributed by atoms with van der Waals surface area (Å²) in [6.45, 7) is -0.170. The van der Waals surface area contributed by atoms with Gasteiger partial charge in [-0.1, -0.05) is 17.7 Å². The maximum atomic E-state index is 13.8. The zero-order chi connectivity index (χ0) is 23.5. The van der Waals surface area contributed by atoms with Crippen LogP contribution in [-0.2, 0) is 11.0 Å². The van der Waals surface area contributed by atoms with E-state index < -0.39 is 23.3 Å². The maximum Gasteiger partial charge on any atom is 0.434 e. The molecule has 0 atom stereocenters. The average Bonchev–Trinajstić information content (AvgIpc) is 3.19. The van der Waals surface area contributed by atoms with Crippen molar-refractivity contribution in [3.8, 4) is 11.4 Å². The maximum absolute atomic E-state index is 13.8. The van der Waals surface area contributed by atoms with Crippen molar-refractivity contribution in [3.05, 3.63) is 71.0 Å². The Morgan fingerprint density at radius 2 is 1.84 bits per heavy atom. The molecule has 3 aromatic rings. The van der Waals surface area contributed by atoms with E-state index >= 15 is 0 Å². The number of ether oxygens (including phenoxy) is 1. The van der Waals surface area contributed by atoms with Crippen LogP contribution in [0.3, 0.4) is 0 Å². The van der Waals surface area contributed by atoms with Crippen molar-refractivity contribution in [1.82, 2.24) is 14.7 Å². The Bertz CT molecular complexity index is 1130. The first-order chi connectivity index (χ1) is 15.1. The topological polar surface area (TPSA) is 76.5 Å². The molecule has 0 unspecified atom stereocenters. The quantitative estimate of drug-likeness (QED) is 0.589. The summed E-state index contributed by atoms with van der Waals surface area (Å²) >= 11 is 5.87. The molecule has 168 valence electrons. The Morgan fingerprint density at radius 3 is 2.44 bits per heavy atom. The number of carbonyl (C=O) groups is 2. The Morgan fingerprint density at radius 1 is 1.16 bits per heavy atom. The summed E-state index contributed by atoms with van der Waals surface area (Å²) in [5, 5.41) is 6.38. The van der Waals surface area contributed by atoms with Gasteiger partial charge >= 0.3 is 6.18 Å². The standard InChI is InChI=1S/C21H18ClF3N4O3/c1-28(2)18(30)12-32-16-8-6-14(7-9-16)27-20(31)17-11-26-29(19(17)21(23,24)25)15-5-3-4-13(22)10-15/h3-11H,12H2,1-2H3,(H,27,31). The molecule has 0 aliphatic heterocycles. The Kier molecular flexibility index (Phi) is 6.73. The van der Waals surface area contributed by atoms with E-state index in [9.17, 15) is 22.8 Å². The molecule has 1 heterocycles. The minimum absolute atomic E-state index is 0.0673. The molecule has 11 heteroatoms. The van der Waals surface area contributed by atoms with Gasteiger partial charge in [-0.05, 0) is 42.5 Å². The SMILES string of the molecule is CN(C)C(=O)COc1ccc(NC(=O)c2cnn(-c3cccc(Cl)c3)c2C(F)(F)F)cc1. The number of anilines is 1. The average molecular weight is 467 g/mol. The molecule has 7 nitrogen and oxygen atoms in total. The van der Waals surface area contributed by atoms with Crippen LogP contribution < -0.4 is 10.1 Å². The lowest BCUT2D eigenvalue weighted by Gasteiger charge is -2.13. The first kappa shape index (κ1) is 23.1. The van der Waals surface area contributed by atoms with Gasteiger partial charge in [-0.15, -0.1) is 0 Å². The second kappa shape index (κ2) is 9.31. The second-order valence-electron chi connectivity index (χ2n) is 6.85. The van der Waals surface area contributed by atoms with E-state index in [-0.39, 0.29) is 28.9 Å². The van der Waals surface area contributed by atoms with E-state index in [1.807, 2.05) is 0 Å². The van der Waals surface area contributed by atoms with Crippen molar-refractivity contribution in [2.75, 3.05) is 26.0 Å². The van der Waals surface area contributed by atoms with Gasteiger partial charge in [-0.3, -0.25) is 9.59 Å². The number of benzene rings is 2. The Labute approximate surface area is 186 Å². The zero-order valence-corrected chi connectivity index (χ0v) is 17.7. The highest BCUT2D eigenvalue weighted by Gasteiger charge is 2.40. The summed E-state index contributed by atoms with van der Waals surface area (Å²) < 4.78 is 47.2. The van der Waals surface area contributed by atoms with E-state index in [2.05, 4.69) is 10.4 Å². The highest BCUT2D eigenvalue weighted by Crippen LogP contribution is 2.34. The van der Waals surface area contributed by atoms with Crippen molar-refractivity contribution >= 4 is 29.1 Å². The summed E-state index contributed by atoms with van der Waals surface area (Å²) in [6.07, 6.45) is -3.99. The van der Waals surface area contributed by atoms with Crippen molar-refractivity contribution in [2.24, 2.45) is 0 Å². The van der Waals surface area contributed by atoms with Crippen molar-refractivity contribution < 1.29 is 27.5 Å². The first-order valence-electron chi connectivity index (χ1n) is 9.22. The lowest BCUT2D eigenvalue weighted by atomic mass is 10.2. The summed E-state index contributed by atoms with van der Waals surface area (Å²) in [5.41, 5.74) is -1.56. The van der Waals surface area contributed by atoms with E-state index in [1.54, 1.807) is 14.1 Å². The molecular weight excluding hydrogens is 449 g/mol. The molecule has 0 radical (unpaired) electrons.